The second-order valence-corrected chi connectivity index (χ2v) is 6.96. The number of ether oxygens (including phenoxy) is 2. The lowest BCUT2D eigenvalue weighted by molar-refractivity contribution is 0.0527. The lowest BCUT2D eigenvalue weighted by atomic mass is 10.0. The van der Waals surface area contributed by atoms with Crippen molar-refractivity contribution in [3.63, 3.8) is 0 Å². The van der Waals surface area contributed by atoms with Gasteiger partial charge in [0, 0.05) is 16.6 Å². The average Bonchev–Trinajstić information content (AvgIpc) is 3.34. The van der Waals surface area contributed by atoms with Crippen LogP contribution in [0.5, 0.6) is 11.5 Å². The number of carbonyl (C=O) groups excluding carboxylic acids is 1. The van der Waals surface area contributed by atoms with E-state index in [0.29, 0.717) is 23.1 Å². The molecular formula is C24H23NO5. The predicted octanol–water partition coefficient (Wildman–Crippen LogP) is 5.15. The third-order valence-corrected chi connectivity index (χ3v) is 5.22. The molecule has 0 spiro atoms. The summed E-state index contributed by atoms with van der Waals surface area (Å²) < 4.78 is 18.0. The monoisotopic (exact) mass is 405 g/mol. The summed E-state index contributed by atoms with van der Waals surface area (Å²) in [5.41, 5.74) is 3.53. The Morgan fingerprint density at radius 3 is 2.57 bits per heavy atom. The van der Waals surface area contributed by atoms with Gasteiger partial charge in [-0.05, 0) is 55.8 Å². The van der Waals surface area contributed by atoms with Crippen LogP contribution in [0.2, 0.25) is 0 Å². The number of esters is 1. The SMILES string of the molecule is CCOC(=O)c1c(C)n(Cc2ccco2)c2cc(-c3ccc(OC)cc3)c(O)cc12. The van der Waals surface area contributed by atoms with Crippen LogP contribution < -0.4 is 4.74 Å². The van der Waals surface area contributed by atoms with E-state index in [4.69, 9.17) is 13.9 Å². The molecule has 0 atom stereocenters. The first-order valence-electron chi connectivity index (χ1n) is 9.73. The maximum Gasteiger partial charge on any atom is 0.340 e. The number of rotatable bonds is 6. The van der Waals surface area contributed by atoms with Crippen LogP contribution in [0, 0.1) is 6.92 Å². The van der Waals surface area contributed by atoms with Gasteiger partial charge in [-0.25, -0.2) is 4.79 Å². The number of hydrogen-bond donors (Lipinski definition) is 1. The number of fused-ring (bicyclic) bond motifs is 1. The molecule has 154 valence electrons. The van der Waals surface area contributed by atoms with E-state index in [9.17, 15) is 9.90 Å². The molecule has 4 aromatic rings. The lowest BCUT2D eigenvalue weighted by Gasteiger charge is -2.10. The molecule has 0 fully saturated rings. The Bertz CT molecular complexity index is 1190. The molecule has 0 saturated heterocycles. The predicted molar refractivity (Wildman–Crippen MR) is 114 cm³/mol. The number of hydrogen-bond acceptors (Lipinski definition) is 5. The van der Waals surface area contributed by atoms with Crippen LogP contribution in [0.15, 0.2) is 59.2 Å². The molecule has 0 aliphatic heterocycles. The van der Waals surface area contributed by atoms with Crippen molar-refractivity contribution in [2.75, 3.05) is 13.7 Å². The van der Waals surface area contributed by atoms with E-state index in [1.165, 1.54) is 0 Å². The highest BCUT2D eigenvalue weighted by Gasteiger charge is 2.23. The van der Waals surface area contributed by atoms with E-state index in [1.807, 2.05) is 54.0 Å². The summed E-state index contributed by atoms with van der Waals surface area (Å²) in [6.45, 7) is 4.38. The molecule has 2 aromatic carbocycles. The fraction of sp³-hybridized carbons (Fsp3) is 0.208. The number of aromatic hydroxyl groups is 1. The summed E-state index contributed by atoms with van der Waals surface area (Å²) >= 11 is 0. The van der Waals surface area contributed by atoms with Gasteiger partial charge in [-0.1, -0.05) is 12.1 Å². The number of methoxy groups -OCH3 is 1. The summed E-state index contributed by atoms with van der Waals surface area (Å²) in [5, 5.41) is 11.4. The Morgan fingerprint density at radius 1 is 1.17 bits per heavy atom. The van der Waals surface area contributed by atoms with E-state index in [2.05, 4.69) is 0 Å². The van der Waals surface area contributed by atoms with Gasteiger partial charge in [0.05, 0.1) is 37.6 Å². The van der Waals surface area contributed by atoms with Crippen molar-refractivity contribution >= 4 is 16.9 Å². The molecule has 4 rings (SSSR count). The first-order chi connectivity index (χ1) is 14.5. The molecule has 0 amide bonds. The van der Waals surface area contributed by atoms with Crippen LogP contribution in [0.1, 0.15) is 28.7 Å². The molecule has 2 heterocycles. The molecule has 6 heteroatoms. The Labute approximate surface area is 174 Å². The summed E-state index contributed by atoms with van der Waals surface area (Å²) in [4.78, 5) is 12.7. The smallest absolute Gasteiger partial charge is 0.340 e. The van der Waals surface area contributed by atoms with Gasteiger partial charge in [-0.15, -0.1) is 0 Å². The molecule has 2 aromatic heterocycles. The Balaban J connectivity index is 1.92. The number of carbonyl (C=O) groups is 1. The highest BCUT2D eigenvalue weighted by atomic mass is 16.5. The molecule has 0 aliphatic rings. The molecule has 0 unspecified atom stereocenters. The number of phenolic OH excluding ortho intramolecular Hbond substituents is 1. The van der Waals surface area contributed by atoms with E-state index >= 15 is 0 Å². The van der Waals surface area contributed by atoms with Crippen molar-refractivity contribution in [2.24, 2.45) is 0 Å². The van der Waals surface area contributed by atoms with Gasteiger partial charge in [-0.2, -0.15) is 0 Å². The minimum atomic E-state index is -0.408. The number of furan rings is 1. The van der Waals surface area contributed by atoms with Crippen molar-refractivity contribution in [1.29, 1.82) is 0 Å². The molecule has 0 saturated carbocycles. The fourth-order valence-corrected chi connectivity index (χ4v) is 3.74. The average molecular weight is 405 g/mol. The zero-order chi connectivity index (χ0) is 21.3. The molecule has 1 N–H and O–H groups in total. The van der Waals surface area contributed by atoms with Gasteiger partial charge >= 0.3 is 5.97 Å². The molecule has 6 nitrogen and oxygen atoms in total. The second kappa shape index (κ2) is 7.99. The van der Waals surface area contributed by atoms with Gasteiger partial charge in [0.1, 0.15) is 17.3 Å². The van der Waals surface area contributed by atoms with Crippen molar-refractivity contribution in [3.8, 4) is 22.6 Å². The topological polar surface area (TPSA) is 73.8 Å². The highest BCUT2D eigenvalue weighted by Crippen LogP contribution is 2.38. The number of nitrogens with zero attached hydrogens (tertiary/aromatic N) is 1. The summed E-state index contributed by atoms with van der Waals surface area (Å²) in [5.74, 6) is 1.19. The van der Waals surface area contributed by atoms with Crippen LogP contribution in [-0.2, 0) is 11.3 Å². The van der Waals surface area contributed by atoms with Crippen LogP contribution in [0.25, 0.3) is 22.0 Å². The van der Waals surface area contributed by atoms with E-state index in [0.717, 1.165) is 28.3 Å². The highest BCUT2D eigenvalue weighted by molar-refractivity contribution is 6.07. The van der Waals surface area contributed by atoms with Crippen LogP contribution in [0.3, 0.4) is 0 Å². The van der Waals surface area contributed by atoms with E-state index in [-0.39, 0.29) is 12.4 Å². The zero-order valence-electron chi connectivity index (χ0n) is 17.1. The first kappa shape index (κ1) is 19.6. The van der Waals surface area contributed by atoms with Gasteiger partial charge in [0.2, 0.25) is 0 Å². The maximum absolute atomic E-state index is 12.7. The third kappa shape index (κ3) is 3.41. The first-order valence-corrected chi connectivity index (χ1v) is 9.73. The number of benzene rings is 2. The van der Waals surface area contributed by atoms with Gasteiger partial charge in [0.15, 0.2) is 0 Å². The van der Waals surface area contributed by atoms with Crippen molar-refractivity contribution < 1.29 is 23.8 Å². The second-order valence-electron chi connectivity index (χ2n) is 6.96. The maximum atomic E-state index is 12.7. The minimum Gasteiger partial charge on any atom is -0.507 e. The fourth-order valence-electron chi connectivity index (χ4n) is 3.74. The number of aromatic nitrogens is 1. The van der Waals surface area contributed by atoms with Crippen molar-refractivity contribution in [1.82, 2.24) is 4.57 Å². The summed E-state index contributed by atoms with van der Waals surface area (Å²) in [7, 11) is 1.61. The molecule has 0 bridgehead atoms. The summed E-state index contributed by atoms with van der Waals surface area (Å²) in [6, 6.07) is 14.7. The zero-order valence-corrected chi connectivity index (χ0v) is 17.1. The molecule has 30 heavy (non-hydrogen) atoms. The summed E-state index contributed by atoms with van der Waals surface area (Å²) in [6.07, 6.45) is 1.62. The van der Waals surface area contributed by atoms with Crippen molar-refractivity contribution in [2.45, 2.75) is 20.4 Å². The van der Waals surface area contributed by atoms with Crippen LogP contribution >= 0.6 is 0 Å². The van der Waals surface area contributed by atoms with E-state index < -0.39 is 5.97 Å². The quantitative estimate of drug-likeness (QED) is 0.449. The largest absolute Gasteiger partial charge is 0.507 e. The minimum absolute atomic E-state index is 0.0911. The third-order valence-electron chi connectivity index (χ3n) is 5.22. The van der Waals surface area contributed by atoms with Crippen LogP contribution in [-0.4, -0.2) is 29.4 Å². The Morgan fingerprint density at radius 2 is 1.93 bits per heavy atom. The number of phenols is 1. The Hall–Kier alpha value is -3.67. The van der Waals surface area contributed by atoms with Gasteiger partial charge in [0.25, 0.3) is 0 Å². The molecule has 0 aliphatic carbocycles. The van der Waals surface area contributed by atoms with Gasteiger partial charge in [-0.3, -0.25) is 0 Å². The standard InChI is InChI=1S/C24H23NO5/c1-4-29-24(27)23-15(2)25(14-18-6-5-11-30-18)21-12-19(22(26)13-20(21)23)16-7-9-17(28-3)10-8-16/h5-13,26H,4,14H2,1-3H3. The molecular weight excluding hydrogens is 382 g/mol. The van der Waals surface area contributed by atoms with Crippen LogP contribution in [0.4, 0.5) is 0 Å². The lowest BCUT2D eigenvalue weighted by Crippen LogP contribution is -2.08. The Kier molecular flexibility index (Phi) is 5.23. The molecule has 0 radical (unpaired) electrons. The van der Waals surface area contributed by atoms with Crippen molar-refractivity contribution in [3.05, 3.63) is 71.8 Å². The van der Waals surface area contributed by atoms with Gasteiger partial charge < -0.3 is 23.6 Å². The van der Waals surface area contributed by atoms with E-state index in [1.54, 1.807) is 26.4 Å². The normalized spacial score (nSPS) is 11.0.